The van der Waals surface area contributed by atoms with Crippen LogP contribution < -0.4 is 19.6 Å². The zero-order valence-corrected chi connectivity index (χ0v) is 24.6. The van der Waals surface area contributed by atoms with E-state index in [0.717, 1.165) is 58.0 Å². The molecule has 0 atom stereocenters. The minimum atomic E-state index is -0.213. The summed E-state index contributed by atoms with van der Waals surface area (Å²) in [4.78, 5) is 18.7. The van der Waals surface area contributed by atoms with E-state index >= 15 is 0 Å². The molecule has 0 radical (unpaired) electrons. The predicted octanol–water partition coefficient (Wildman–Crippen LogP) is 6.10. The van der Waals surface area contributed by atoms with E-state index in [0.29, 0.717) is 28.5 Å². The summed E-state index contributed by atoms with van der Waals surface area (Å²) in [6.07, 6.45) is 5.72. The van der Waals surface area contributed by atoms with Crippen LogP contribution in [-0.4, -0.2) is 37.6 Å². The van der Waals surface area contributed by atoms with Crippen molar-refractivity contribution in [3.63, 3.8) is 0 Å². The second-order valence-corrected chi connectivity index (χ2v) is 11.0. The standard InChI is InChI=1S/C33H31N5O3S/c1-4-17-40-26-13-11-23(12-14-26)31-34-33-38(36-31)32(39)29(42-33)20-24-21-37(25-9-7-6-8-10-25)35-30(24)28-16-15-27(19-22(28)3)41-18-5-2/h6-16,19-21H,4-5,17-18H2,1-3H3. The summed E-state index contributed by atoms with van der Waals surface area (Å²) in [7, 11) is 0. The molecule has 3 aromatic carbocycles. The number of thiazole rings is 1. The smallest absolute Gasteiger partial charge is 0.291 e. The molecule has 42 heavy (non-hydrogen) atoms. The molecule has 0 bridgehead atoms. The predicted molar refractivity (Wildman–Crippen MR) is 167 cm³/mol. The summed E-state index contributed by atoms with van der Waals surface area (Å²) in [6.45, 7) is 7.54. The first-order valence-corrected chi connectivity index (χ1v) is 14.9. The molecule has 9 heteroatoms. The first kappa shape index (κ1) is 27.4. The lowest BCUT2D eigenvalue weighted by atomic mass is 10.0. The molecule has 0 unspecified atom stereocenters. The highest BCUT2D eigenvalue weighted by Gasteiger charge is 2.16. The van der Waals surface area contributed by atoms with Crippen LogP contribution >= 0.6 is 11.3 Å². The van der Waals surface area contributed by atoms with Gasteiger partial charge in [0.05, 0.1) is 23.4 Å². The van der Waals surface area contributed by atoms with Gasteiger partial charge < -0.3 is 9.47 Å². The van der Waals surface area contributed by atoms with Crippen molar-refractivity contribution in [2.45, 2.75) is 33.6 Å². The Morgan fingerprint density at radius 2 is 1.60 bits per heavy atom. The zero-order chi connectivity index (χ0) is 29.1. The number of hydrogen-bond acceptors (Lipinski definition) is 7. The number of nitrogens with zero attached hydrogens (tertiary/aromatic N) is 5. The number of rotatable bonds is 10. The molecule has 0 saturated carbocycles. The van der Waals surface area contributed by atoms with Gasteiger partial charge in [0.1, 0.15) is 17.2 Å². The molecule has 0 aliphatic carbocycles. The van der Waals surface area contributed by atoms with Crippen molar-refractivity contribution in [1.29, 1.82) is 0 Å². The number of ether oxygens (including phenoxy) is 2. The van der Waals surface area contributed by atoms with Crippen molar-refractivity contribution in [2.75, 3.05) is 13.2 Å². The van der Waals surface area contributed by atoms with Gasteiger partial charge in [-0.25, -0.2) is 4.68 Å². The zero-order valence-electron chi connectivity index (χ0n) is 23.8. The summed E-state index contributed by atoms with van der Waals surface area (Å²) in [5, 5.41) is 9.48. The molecular weight excluding hydrogens is 546 g/mol. The molecule has 0 amide bonds. The second-order valence-electron chi connectivity index (χ2n) is 9.96. The molecule has 3 aromatic heterocycles. The van der Waals surface area contributed by atoms with Crippen molar-refractivity contribution in [3.8, 4) is 39.8 Å². The van der Waals surface area contributed by atoms with Crippen LogP contribution in [0.5, 0.6) is 11.5 Å². The lowest BCUT2D eigenvalue weighted by molar-refractivity contribution is 0.317. The average Bonchev–Trinajstić information content (AvgIpc) is 3.71. The number of fused-ring (bicyclic) bond motifs is 1. The van der Waals surface area contributed by atoms with Gasteiger partial charge in [0.25, 0.3) is 5.56 Å². The Morgan fingerprint density at radius 1 is 0.881 bits per heavy atom. The molecule has 0 fully saturated rings. The van der Waals surface area contributed by atoms with Crippen LogP contribution in [0.2, 0.25) is 0 Å². The van der Waals surface area contributed by atoms with Crippen molar-refractivity contribution in [3.05, 3.63) is 105 Å². The van der Waals surface area contributed by atoms with E-state index in [1.807, 2.05) is 96.7 Å². The number of benzene rings is 3. The first-order chi connectivity index (χ1) is 20.5. The molecule has 6 aromatic rings. The largest absolute Gasteiger partial charge is 0.494 e. The molecule has 212 valence electrons. The molecule has 0 saturated heterocycles. The van der Waals surface area contributed by atoms with E-state index in [1.165, 1.54) is 15.9 Å². The molecule has 0 N–H and O–H groups in total. The van der Waals surface area contributed by atoms with Crippen LogP contribution in [0.3, 0.4) is 0 Å². The Kier molecular flexibility index (Phi) is 7.83. The van der Waals surface area contributed by atoms with Crippen molar-refractivity contribution >= 4 is 22.4 Å². The molecule has 3 heterocycles. The van der Waals surface area contributed by atoms with Crippen LogP contribution in [0.15, 0.2) is 83.8 Å². The summed E-state index contributed by atoms with van der Waals surface area (Å²) < 4.78 is 15.3. The molecule has 0 spiro atoms. The average molecular weight is 578 g/mol. The van der Waals surface area contributed by atoms with Gasteiger partial charge in [-0.3, -0.25) is 4.79 Å². The van der Waals surface area contributed by atoms with Crippen LogP contribution in [0.1, 0.15) is 37.8 Å². The number of hydrogen-bond donors (Lipinski definition) is 0. The third-order valence-electron chi connectivity index (χ3n) is 6.74. The quantitative estimate of drug-likeness (QED) is 0.196. The van der Waals surface area contributed by atoms with Crippen molar-refractivity contribution in [2.24, 2.45) is 0 Å². The van der Waals surface area contributed by atoms with Crippen LogP contribution in [0, 0.1) is 6.92 Å². The molecule has 0 aliphatic rings. The maximum Gasteiger partial charge on any atom is 0.291 e. The second kappa shape index (κ2) is 12.0. The van der Waals surface area contributed by atoms with Gasteiger partial charge in [-0.2, -0.15) is 14.6 Å². The minimum Gasteiger partial charge on any atom is -0.494 e. The fourth-order valence-corrected chi connectivity index (χ4v) is 5.54. The monoisotopic (exact) mass is 577 g/mol. The molecular formula is C33H31N5O3S. The Bertz CT molecular complexity index is 1940. The highest BCUT2D eigenvalue weighted by atomic mass is 32.1. The molecule has 8 nitrogen and oxygen atoms in total. The van der Waals surface area contributed by atoms with Gasteiger partial charge in [0.15, 0.2) is 5.82 Å². The maximum absolute atomic E-state index is 13.5. The van der Waals surface area contributed by atoms with Crippen molar-refractivity contribution in [1.82, 2.24) is 24.4 Å². The highest BCUT2D eigenvalue weighted by molar-refractivity contribution is 7.15. The Hall–Kier alpha value is -4.76. The third-order valence-corrected chi connectivity index (χ3v) is 7.70. The van der Waals surface area contributed by atoms with E-state index in [9.17, 15) is 4.79 Å². The van der Waals surface area contributed by atoms with E-state index < -0.39 is 0 Å². The van der Waals surface area contributed by atoms with Gasteiger partial charge in [0.2, 0.25) is 4.96 Å². The summed E-state index contributed by atoms with van der Waals surface area (Å²) in [5.41, 5.74) is 5.16. The van der Waals surface area contributed by atoms with Gasteiger partial charge in [-0.05, 0) is 86.0 Å². The van der Waals surface area contributed by atoms with E-state index in [4.69, 9.17) is 14.6 Å². The fraction of sp³-hybridized carbons (Fsp3) is 0.212. The SMILES string of the molecule is CCCOc1ccc(-c2nc3sc(=Cc4cn(-c5ccccc5)nc4-c4ccc(OCCC)cc4C)c(=O)n3n2)cc1. The Balaban J connectivity index is 1.39. The lowest BCUT2D eigenvalue weighted by Gasteiger charge is -2.09. The lowest BCUT2D eigenvalue weighted by Crippen LogP contribution is -2.23. The number of aryl methyl sites for hydroxylation is 1. The number of aromatic nitrogens is 5. The van der Waals surface area contributed by atoms with Gasteiger partial charge in [-0.15, -0.1) is 5.10 Å². The highest BCUT2D eigenvalue weighted by Crippen LogP contribution is 2.30. The molecule has 0 aliphatic heterocycles. The van der Waals surface area contributed by atoms with Crippen LogP contribution in [-0.2, 0) is 0 Å². The van der Waals surface area contributed by atoms with E-state index in [1.54, 1.807) is 0 Å². The fourth-order valence-electron chi connectivity index (χ4n) is 4.64. The topological polar surface area (TPSA) is 83.5 Å². The minimum absolute atomic E-state index is 0.213. The Labute approximate surface area is 247 Å². The van der Waals surface area contributed by atoms with E-state index in [-0.39, 0.29) is 5.56 Å². The summed E-state index contributed by atoms with van der Waals surface area (Å²) >= 11 is 1.31. The van der Waals surface area contributed by atoms with Gasteiger partial charge in [-0.1, -0.05) is 43.4 Å². The van der Waals surface area contributed by atoms with Crippen LogP contribution in [0.25, 0.3) is 39.4 Å². The maximum atomic E-state index is 13.5. The summed E-state index contributed by atoms with van der Waals surface area (Å²) in [5.74, 6) is 2.14. The third kappa shape index (κ3) is 5.56. The first-order valence-electron chi connectivity index (χ1n) is 14.1. The molecule has 6 rings (SSSR count). The van der Waals surface area contributed by atoms with Gasteiger partial charge >= 0.3 is 0 Å². The van der Waals surface area contributed by atoms with Crippen molar-refractivity contribution < 1.29 is 9.47 Å². The van der Waals surface area contributed by atoms with Gasteiger partial charge in [0, 0.05) is 22.9 Å². The van der Waals surface area contributed by atoms with E-state index in [2.05, 4.69) is 23.9 Å². The summed E-state index contributed by atoms with van der Waals surface area (Å²) in [6, 6.07) is 23.6. The number of para-hydroxylation sites is 1. The Morgan fingerprint density at radius 3 is 2.29 bits per heavy atom. The van der Waals surface area contributed by atoms with Crippen LogP contribution in [0.4, 0.5) is 0 Å². The normalized spacial score (nSPS) is 11.8.